The Hall–Kier alpha value is 1.00. The molecule has 2 atom stereocenters. The Morgan fingerprint density at radius 3 is 1.00 bits per heavy atom. The van der Waals surface area contributed by atoms with E-state index in [0.717, 1.165) is 0 Å². The lowest BCUT2D eigenvalue weighted by molar-refractivity contribution is -0.136. The number of carboxylic acid groups (broad SMARTS) is 2. The summed E-state index contributed by atoms with van der Waals surface area (Å²) in [6, 6.07) is 0. The molecule has 0 bridgehead atoms. The standard InChI is InChI=1S/C8H4Cl8O4/c9-3(7(11,12)13)1(5(17)18)2(6(19)20)4(10)8(14,15)16/h3-4H,(H,17,18)(H,19,20)/b2-1+. The van der Waals surface area contributed by atoms with E-state index in [0.29, 0.717) is 0 Å². The monoisotopic (exact) mass is 444 g/mol. The summed E-state index contributed by atoms with van der Waals surface area (Å²) in [5.41, 5.74) is -1.99. The van der Waals surface area contributed by atoms with Crippen LogP contribution in [-0.4, -0.2) is 40.5 Å². The van der Waals surface area contributed by atoms with Gasteiger partial charge in [0.05, 0.1) is 11.1 Å². The largest absolute Gasteiger partial charge is 0.478 e. The maximum atomic E-state index is 11.2. The highest BCUT2D eigenvalue weighted by atomic mass is 35.6. The fraction of sp³-hybridized carbons (Fsp3) is 0.500. The summed E-state index contributed by atoms with van der Waals surface area (Å²) in [7, 11) is 0. The van der Waals surface area contributed by atoms with Crippen molar-refractivity contribution in [1.82, 2.24) is 0 Å². The molecule has 0 aliphatic carbocycles. The predicted molar refractivity (Wildman–Crippen MR) is 82.2 cm³/mol. The van der Waals surface area contributed by atoms with Crippen LogP contribution in [0.5, 0.6) is 0 Å². The van der Waals surface area contributed by atoms with Gasteiger partial charge in [-0.05, 0) is 0 Å². The lowest BCUT2D eigenvalue weighted by Crippen LogP contribution is -2.35. The zero-order chi connectivity index (χ0) is 16.5. The highest BCUT2D eigenvalue weighted by Crippen LogP contribution is 2.43. The number of alkyl halides is 8. The van der Waals surface area contributed by atoms with Gasteiger partial charge < -0.3 is 10.2 Å². The molecule has 0 aromatic heterocycles. The van der Waals surface area contributed by atoms with Gasteiger partial charge in [-0.15, -0.1) is 23.2 Å². The summed E-state index contributed by atoms with van der Waals surface area (Å²) in [5, 5.41) is 14.5. The van der Waals surface area contributed by atoms with Crippen LogP contribution in [-0.2, 0) is 9.59 Å². The van der Waals surface area contributed by atoms with Crippen LogP contribution < -0.4 is 0 Å². The van der Waals surface area contributed by atoms with Crippen molar-refractivity contribution in [2.75, 3.05) is 0 Å². The summed E-state index contributed by atoms with van der Waals surface area (Å²) in [6.07, 6.45) is 0. The molecule has 0 heterocycles. The summed E-state index contributed by atoms with van der Waals surface area (Å²) in [5.74, 6) is -3.57. The van der Waals surface area contributed by atoms with E-state index in [9.17, 15) is 9.59 Å². The first kappa shape index (κ1) is 21.0. The van der Waals surface area contributed by atoms with Crippen LogP contribution in [0, 0.1) is 0 Å². The molecule has 0 fully saturated rings. The van der Waals surface area contributed by atoms with Gasteiger partial charge in [-0.3, -0.25) is 0 Å². The van der Waals surface area contributed by atoms with E-state index in [1.54, 1.807) is 0 Å². The number of carboxylic acids is 2. The first-order valence-corrected chi connectivity index (χ1v) is 7.47. The van der Waals surface area contributed by atoms with Crippen LogP contribution in [0.3, 0.4) is 0 Å². The molecule has 12 heteroatoms. The van der Waals surface area contributed by atoms with E-state index in [-0.39, 0.29) is 0 Å². The normalized spacial score (nSPS) is 17.2. The van der Waals surface area contributed by atoms with Crippen molar-refractivity contribution in [3.63, 3.8) is 0 Å². The molecule has 0 amide bonds. The SMILES string of the molecule is O=C(O)/C(=C(/C(=O)O)C(Cl)C(Cl)(Cl)Cl)C(Cl)C(Cl)(Cl)Cl. The number of hydrogen-bond donors (Lipinski definition) is 2. The number of carbonyl (C=O) groups is 2. The molecular weight excluding hydrogens is 444 g/mol. The van der Waals surface area contributed by atoms with E-state index in [1.807, 2.05) is 0 Å². The molecule has 0 rings (SSSR count). The van der Waals surface area contributed by atoms with Gasteiger partial charge in [-0.2, -0.15) is 0 Å². The molecular formula is C8H4Cl8O4. The van der Waals surface area contributed by atoms with Crippen LogP contribution in [0.25, 0.3) is 0 Å². The molecule has 116 valence electrons. The van der Waals surface area contributed by atoms with Gasteiger partial charge in [0.1, 0.15) is 10.8 Å². The Morgan fingerprint density at radius 1 is 0.700 bits per heavy atom. The number of hydrogen-bond acceptors (Lipinski definition) is 2. The van der Waals surface area contributed by atoms with Gasteiger partial charge in [-0.25, -0.2) is 9.59 Å². The fourth-order valence-corrected chi connectivity index (χ4v) is 2.12. The highest BCUT2D eigenvalue weighted by Gasteiger charge is 2.45. The summed E-state index contributed by atoms with van der Waals surface area (Å²) >= 11 is 44.1. The topological polar surface area (TPSA) is 74.6 Å². The van der Waals surface area contributed by atoms with Gasteiger partial charge in [0.2, 0.25) is 7.59 Å². The smallest absolute Gasteiger partial charge is 0.333 e. The molecule has 0 spiro atoms. The molecule has 0 aliphatic rings. The lowest BCUT2D eigenvalue weighted by Gasteiger charge is -2.25. The predicted octanol–water partition coefficient (Wildman–Crippen LogP) is 4.41. The van der Waals surface area contributed by atoms with Crippen LogP contribution in [0.15, 0.2) is 11.1 Å². The van der Waals surface area contributed by atoms with Crippen molar-refractivity contribution in [3.8, 4) is 0 Å². The Morgan fingerprint density at radius 2 is 0.900 bits per heavy atom. The third kappa shape index (κ3) is 5.65. The van der Waals surface area contributed by atoms with Crippen molar-refractivity contribution in [2.45, 2.75) is 18.3 Å². The van der Waals surface area contributed by atoms with Gasteiger partial charge in [0, 0.05) is 0 Å². The zero-order valence-electron chi connectivity index (χ0n) is 8.89. The number of aliphatic carboxylic acids is 2. The molecule has 0 radical (unpaired) electrons. The van der Waals surface area contributed by atoms with Crippen LogP contribution in [0.4, 0.5) is 0 Å². The lowest BCUT2D eigenvalue weighted by atomic mass is 10.0. The van der Waals surface area contributed by atoms with Crippen molar-refractivity contribution >= 4 is 105 Å². The van der Waals surface area contributed by atoms with E-state index in [2.05, 4.69) is 0 Å². The Kier molecular flexibility index (Phi) is 7.89. The second-order valence-corrected chi connectivity index (χ2v) is 8.86. The summed E-state index contributed by atoms with van der Waals surface area (Å²) < 4.78 is -4.64. The third-order valence-electron chi connectivity index (χ3n) is 1.83. The fourth-order valence-electron chi connectivity index (χ4n) is 1.05. The molecule has 4 nitrogen and oxygen atoms in total. The van der Waals surface area contributed by atoms with Crippen LogP contribution in [0.1, 0.15) is 0 Å². The maximum absolute atomic E-state index is 11.2. The molecule has 0 saturated carbocycles. The first-order valence-electron chi connectivity index (χ1n) is 4.33. The Balaban J connectivity index is 6.24. The molecule has 0 aliphatic heterocycles. The van der Waals surface area contributed by atoms with Crippen LogP contribution >= 0.6 is 92.8 Å². The second kappa shape index (κ2) is 7.51. The van der Waals surface area contributed by atoms with Crippen molar-refractivity contribution < 1.29 is 19.8 Å². The maximum Gasteiger partial charge on any atom is 0.333 e. The minimum atomic E-state index is -2.32. The van der Waals surface area contributed by atoms with Crippen molar-refractivity contribution in [1.29, 1.82) is 0 Å². The zero-order valence-corrected chi connectivity index (χ0v) is 14.9. The Labute approximate surface area is 153 Å². The second-order valence-electron chi connectivity index (χ2n) is 3.25. The molecule has 20 heavy (non-hydrogen) atoms. The molecule has 0 aromatic rings. The molecule has 2 unspecified atom stereocenters. The quantitative estimate of drug-likeness (QED) is 0.494. The van der Waals surface area contributed by atoms with E-state index >= 15 is 0 Å². The van der Waals surface area contributed by atoms with E-state index in [4.69, 9.17) is 103 Å². The van der Waals surface area contributed by atoms with E-state index < -0.39 is 41.4 Å². The third-order valence-corrected chi connectivity index (χ3v) is 4.90. The summed E-state index contributed by atoms with van der Waals surface area (Å²) in [4.78, 5) is 22.4. The van der Waals surface area contributed by atoms with Crippen molar-refractivity contribution in [2.24, 2.45) is 0 Å². The average molecular weight is 448 g/mol. The van der Waals surface area contributed by atoms with Crippen molar-refractivity contribution in [3.05, 3.63) is 11.1 Å². The first-order chi connectivity index (χ1) is 8.71. The molecule has 2 N–H and O–H groups in total. The highest BCUT2D eigenvalue weighted by molar-refractivity contribution is 6.71. The van der Waals surface area contributed by atoms with Gasteiger partial charge >= 0.3 is 11.9 Å². The molecule has 0 aromatic carbocycles. The van der Waals surface area contributed by atoms with Gasteiger partial charge in [-0.1, -0.05) is 69.6 Å². The summed E-state index contributed by atoms with van der Waals surface area (Å²) in [6.45, 7) is 0. The Bertz CT molecular complexity index is 395. The number of rotatable bonds is 4. The average Bonchev–Trinajstić information content (AvgIpc) is 2.19. The van der Waals surface area contributed by atoms with E-state index in [1.165, 1.54) is 0 Å². The molecule has 0 saturated heterocycles. The van der Waals surface area contributed by atoms with Crippen LogP contribution in [0.2, 0.25) is 0 Å². The minimum absolute atomic E-state index is 0.995. The van der Waals surface area contributed by atoms with Gasteiger partial charge in [0.15, 0.2) is 0 Å². The minimum Gasteiger partial charge on any atom is -0.478 e. The van der Waals surface area contributed by atoms with Gasteiger partial charge in [0.25, 0.3) is 0 Å². The number of halogens is 8.